The van der Waals surface area contributed by atoms with Gasteiger partial charge in [-0.2, -0.15) is 0 Å². The number of aryl methyl sites for hydroxylation is 2. The molecule has 26 heavy (non-hydrogen) atoms. The van der Waals surface area contributed by atoms with Crippen LogP contribution in [0.2, 0.25) is 0 Å². The van der Waals surface area contributed by atoms with E-state index in [1.54, 1.807) is 0 Å². The fourth-order valence-corrected chi connectivity index (χ4v) is 3.35. The third-order valence-electron chi connectivity index (χ3n) is 4.86. The lowest BCUT2D eigenvalue weighted by Gasteiger charge is -2.11. The van der Waals surface area contributed by atoms with Crippen molar-refractivity contribution in [2.45, 2.75) is 92.9 Å². The maximum Gasteiger partial charge on any atom is 0.0468 e. The normalized spacial score (nSPS) is 12.8. The second-order valence-corrected chi connectivity index (χ2v) is 7.12. The number of hydrogen-bond donors (Lipinski definition) is 0. The lowest BCUT2D eigenvalue weighted by Crippen LogP contribution is -2.00. The van der Waals surface area contributed by atoms with Gasteiger partial charge in [0.25, 0.3) is 0 Å². The van der Waals surface area contributed by atoms with Gasteiger partial charge in [-0.05, 0) is 79.8 Å². The van der Waals surface area contributed by atoms with Crippen LogP contribution in [0.15, 0.2) is 24.5 Å². The highest BCUT2D eigenvalue weighted by atomic mass is 14.7. The molecule has 144 valence electrons. The van der Waals surface area contributed by atoms with Gasteiger partial charge in [-0.1, -0.05) is 41.5 Å². The van der Waals surface area contributed by atoms with Crippen LogP contribution in [0, 0.1) is 13.8 Å². The number of aromatic nitrogens is 2. The van der Waals surface area contributed by atoms with Gasteiger partial charge >= 0.3 is 0 Å². The number of hydrogen-bond acceptors (Lipinski definition) is 2. The van der Waals surface area contributed by atoms with Gasteiger partial charge in [-0.15, -0.1) is 0 Å². The summed E-state index contributed by atoms with van der Waals surface area (Å²) in [5.41, 5.74) is 8.33. The van der Waals surface area contributed by atoms with Crippen molar-refractivity contribution in [3.8, 4) is 0 Å². The van der Waals surface area contributed by atoms with Gasteiger partial charge in [0.2, 0.25) is 0 Å². The molecule has 0 spiro atoms. The van der Waals surface area contributed by atoms with Crippen molar-refractivity contribution in [1.82, 2.24) is 9.97 Å². The third-order valence-corrected chi connectivity index (χ3v) is 4.86. The van der Waals surface area contributed by atoms with Gasteiger partial charge in [0.1, 0.15) is 0 Å². The molecule has 2 heterocycles. The van der Waals surface area contributed by atoms with Crippen LogP contribution in [0.3, 0.4) is 0 Å². The lowest BCUT2D eigenvalue weighted by atomic mass is 9.98. The van der Waals surface area contributed by atoms with E-state index in [-0.39, 0.29) is 0 Å². The van der Waals surface area contributed by atoms with E-state index in [1.165, 1.54) is 46.5 Å². The lowest BCUT2D eigenvalue weighted by molar-refractivity contribution is 0.795. The molecule has 0 N–H and O–H groups in total. The molecular weight excluding hydrogens is 316 g/mol. The summed E-state index contributed by atoms with van der Waals surface area (Å²) in [5.74, 6) is 1.33. The summed E-state index contributed by atoms with van der Waals surface area (Å²) in [5, 5.41) is 0. The Balaban J connectivity index is 0.000000238. The predicted octanol–water partition coefficient (Wildman–Crippen LogP) is 6.93. The van der Waals surface area contributed by atoms with Crippen molar-refractivity contribution in [3.05, 3.63) is 58.2 Å². The zero-order valence-electron chi connectivity index (χ0n) is 18.2. The molecule has 1 aliphatic rings. The van der Waals surface area contributed by atoms with Crippen molar-refractivity contribution in [3.63, 3.8) is 0 Å². The summed E-state index contributed by atoms with van der Waals surface area (Å²) < 4.78 is 0. The summed E-state index contributed by atoms with van der Waals surface area (Å²) in [6.45, 7) is 17.1. The van der Waals surface area contributed by atoms with E-state index >= 15 is 0 Å². The van der Waals surface area contributed by atoms with Gasteiger partial charge in [-0.3, -0.25) is 9.97 Å². The smallest absolute Gasteiger partial charge is 0.0468 e. The van der Waals surface area contributed by atoms with Crippen LogP contribution >= 0.6 is 0 Å². The minimum absolute atomic E-state index is 0.542. The molecule has 0 aliphatic heterocycles. The standard InChI is InChI=1S/C11H15N.C11H17N.C2H6/c1-3-10-8(2)6-7-12-11(10)9-4-5-9;1-5-10-9(4)6-7-12-11(10)8(2)3;1-2/h6-7,9H,3-5H2,1-2H3;6-8H,5H2,1-4H3;1-2H3. The summed E-state index contributed by atoms with van der Waals surface area (Å²) in [6, 6.07) is 4.20. The Kier molecular flexibility index (Phi) is 9.54. The zero-order chi connectivity index (χ0) is 19.7. The van der Waals surface area contributed by atoms with Crippen molar-refractivity contribution in [1.29, 1.82) is 0 Å². The van der Waals surface area contributed by atoms with Crippen molar-refractivity contribution < 1.29 is 0 Å². The molecule has 0 radical (unpaired) electrons. The van der Waals surface area contributed by atoms with Crippen molar-refractivity contribution in [2.24, 2.45) is 0 Å². The summed E-state index contributed by atoms with van der Waals surface area (Å²) in [4.78, 5) is 8.88. The average molecular weight is 355 g/mol. The number of nitrogens with zero attached hydrogens (tertiary/aromatic N) is 2. The molecule has 3 rings (SSSR count). The van der Waals surface area contributed by atoms with Crippen LogP contribution in [-0.2, 0) is 12.8 Å². The highest BCUT2D eigenvalue weighted by molar-refractivity contribution is 5.33. The molecule has 2 nitrogen and oxygen atoms in total. The molecule has 2 aromatic rings. The van der Waals surface area contributed by atoms with Crippen LogP contribution in [-0.4, -0.2) is 9.97 Å². The largest absolute Gasteiger partial charge is 0.261 e. The monoisotopic (exact) mass is 354 g/mol. The first-order chi connectivity index (χ1) is 12.5. The first-order valence-electron chi connectivity index (χ1n) is 10.4. The topological polar surface area (TPSA) is 25.8 Å². The van der Waals surface area contributed by atoms with E-state index in [2.05, 4.69) is 63.6 Å². The van der Waals surface area contributed by atoms with E-state index in [0.717, 1.165) is 18.8 Å². The molecule has 1 saturated carbocycles. The molecule has 0 unspecified atom stereocenters. The maximum atomic E-state index is 4.47. The summed E-state index contributed by atoms with van der Waals surface area (Å²) in [6.07, 6.45) is 8.78. The van der Waals surface area contributed by atoms with Crippen molar-refractivity contribution >= 4 is 0 Å². The van der Waals surface area contributed by atoms with E-state index < -0.39 is 0 Å². The molecule has 0 atom stereocenters. The second-order valence-electron chi connectivity index (χ2n) is 7.12. The first-order valence-corrected chi connectivity index (χ1v) is 10.4. The zero-order valence-corrected chi connectivity index (χ0v) is 18.2. The Morgan fingerprint density at radius 3 is 1.81 bits per heavy atom. The van der Waals surface area contributed by atoms with Crippen LogP contribution in [0.5, 0.6) is 0 Å². The minimum atomic E-state index is 0.542. The Morgan fingerprint density at radius 2 is 1.38 bits per heavy atom. The Labute approximate surface area is 161 Å². The fourth-order valence-electron chi connectivity index (χ4n) is 3.35. The minimum Gasteiger partial charge on any atom is -0.261 e. The van der Waals surface area contributed by atoms with Gasteiger partial charge in [-0.25, -0.2) is 0 Å². The van der Waals surface area contributed by atoms with E-state index in [0.29, 0.717) is 5.92 Å². The number of rotatable bonds is 4. The summed E-state index contributed by atoms with van der Waals surface area (Å²) >= 11 is 0. The molecule has 2 heteroatoms. The molecule has 1 aliphatic carbocycles. The fraction of sp³-hybridized carbons (Fsp3) is 0.583. The van der Waals surface area contributed by atoms with Crippen LogP contribution < -0.4 is 0 Å². The van der Waals surface area contributed by atoms with E-state index in [9.17, 15) is 0 Å². The highest BCUT2D eigenvalue weighted by Gasteiger charge is 2.27. The maximum absolute atomic E-state index is 4.47. The third kappa shape index (κ3) is 5.93. The van der Waals surface area contributed by atoms with Gasteiger partial charge in [0.15, 0.2) is 0 Å². The second kappa shape index (κ2) is 11.1. The summed E-state index contributed by atoms with van der Waals surface area (Å²) in [7, 11) is 0. The quantitative estimate of drug-likeness (QED) is 0.594. The molecule has 0 aromatic carbocycles. The van der Waals surface area contributed by atoms with E-state index in [1.807, 2.05) is 26.2 Å². The van der Waals surface area contributed by atoms with Gasteiger partial charge in [0.05, 0.1) is 0 Å². The highest BCUT2D eigenvalue weighted by Crippen LogP contribution is 2.41. The van der Waals surface area contributed by atoms with Crippen LogP contribution in [0.25, 0.3) is 0 Å². The molecule has 0 amide bonds. The number of pyridine rings is 2. The molecule has 0 bridgehead atoms. The molecule has 0 saturated heterocycles. The SMILES string of the molecule is CC.CCc1c(C)ccnc1C(C)C.CCc1c(C)ccnc1C1CC1. The first kappa shape index (κ1) is 22.3. The van der Waals surface area contributed by atoms with E-state index in [4.69, 9.17) is 0 Å². The van der Waals surface area contributed by atoms with Crippen molar-refractivity contribution in [2.75, 3.05) is 0 Å². The average Bonchev–Trinajstić information content (AvgIpc) is 3.48. The van der Waals surface area contributed by atoms with Gasteiger partial charge < -0.3 is 0 Å². The van der Waals surface area contributed by atoms with Crippen LogP contribution in [0.4, 0.5) is 0 Å². The Bertz CT molecular complexity index is 618. The Morgan fingerprint density at radius 1 is 0.885 bits per heavy atom. The predicted molar refractivity (Wildman–Crippen MR) is 114 cm³/mol. The molecule has 2 aromatic heterocycles. The molecule has 1 fully saturated rings. The van der Waals surface area contributed by atoms with Gasteiger partial charge in [0, 0.05) is 29.7 Å². The van der Waals surface area contributed by atoms with Crippen LogP contribution in [0.1, 0.15) is 99.9 Å². The Hall–Kier alpha value is -1.70. The molecular formula is C24H38N2.